The van der Waals surface area contributed by atoms with Crippen LogP contribution in [0.2, 0.25) is 0 Å². The molecule has 2 aromatic carbocycles. The Balaban J connectivity index is 1.84. The van der Waals surface area contributed by atoms with Gasteiger partial charge in [-0.05, 0) is 25.5 Å². The van der Waals surface area contributed by atoms with Gasteiger partial charge in [0.15, 0.2) is 5.65 Å². The number of carbonyl (C=O) groups is 2. The van der Waals surface area contributed by atoms with E-state index in [1.807, 2.05) is 74.5 Å². The highest BCUT2D eigenvalue weighted by atomic mass is 16.5. The Labute approximate surface area is 192 Å². The number of benzene rings is 2. The normalized spacial score (nSPS) is 11.0. The van der Waals surface area contributed by atoms with E-state index < -0.39 is 5.97 Å². The smallest absolute Gasteiger partial charge is 0.325 e. The summed E-state index contributed by atoms with van der Waals surface area (Å²) in [5, 5.41) is 5.13. The molecule has 7 heteroatoms. The van der Waals surface area contributed by atoms with E-state index in [4.69, 9.17) is 9.72 Å². The third-order valence-electron chi connectivity index (χ3n) is 5.41. The van der Waals surface area contributed by atoms with Crippen molar-refractivity contribution in [3.05, 3.63) is 84.1 Å². The van der Waals surface area contributed by atoms with Crippen LogP contribution in [0.3, 0.4) is 0 Å². The van der Waals surface area contributed by atoms with E-state index in [0.29, 0.717) is 22.3 Å². The van der Waals surface area contributed by atoms with Crippen LogP contribution in [-0.4, -0.2) is 45.2 Å². The Kier molecular flexibility index (Phi) is 6.49. The number of carbonyl (C=O) groups excluding carboxylic acids is 2. The molecular weight excluding hydrogens is 416 g/mol. The van der Waals surface area contributed by atoms with Crippen LogP contribution in [-0.2, 0) is 16.1 Å². The quantitative estimate of drug-likeness (QED) is 0.394. The molecule has 0 atom stereocenters. The molecule has 1 amide bonds. The Morgan fingerprint density at radius 1 is 1.03 bits per heavy atom. The van der Waals surface area contributed by atoms with Crippen molar-refractivity contribution in [2.45, 2.75) is 26.4 Å². The van der Waals surface area contributed by atoms with Crippen molar-refractivity contribution in [2.24, 2.45) is 0 Å². The van der Waals surface area contributed by atoms with Crippen molar-refractivity contribution < 1.29 is 14.3 Å². The number of hydrogen-bond donors (Lipinski definition) is 0. The van der Waals surface area contributed by atoms with E-state index in [1.54, 1.807) is 16.9 Å². The second-order valence-electron chi connectivity index (χ2n) is 8.06. The molecule has 4 rings (SSSR count). The van der Waals surface area contributed by atoms with Crippen molar-refractivity contribution in [3.63, 3.8) is 0 Å². The van der Waals surface area contributed by atoms with Gasteiger partial charge in [-0.25, -0.2) is 9.67 Å². The van der Waals surface area contributed by atoms with Gasteiger partial charge in [-0.3, -0.25) is 9.59 Å². The lowest BCUT2D eigenvalue weighted by molar-refractivity contribution is -0.141. The van der Waals surface area contributed by atoms with Gasteiger partial charge in [0, 0.05) is 18.2 Å². The summed E-state index contributed by atoms with van der Waals surface area (Å²) >= 11 is 0. The van der Waals surface area contributed by atoms with Crippen LogP contribution in [0.15, 0.2) is 72.9 Å². The Morgan fingerprint density at radius 2 is 1.70 bits per heavy atom. The standard InChI is InChI=1S/C26H26N4O3/c1-18(2)30-25-22(15-27-30)21(14-23(28-25)20-12-8-5-9-13-20)26(32)29(17-24(31)33-3)16-19-10-6-4-7-11-19/h4-15,18H,16-17H2,1-3H3. The molecule has 0 unspecified atom stereocenters. The Hall–Kier alpha value is -4.00. The molecule has 0 bridgehead atoms. The third kappa shape index (κ3) is 4.77. The molecule has 168 valence electrons. The molecule has 2 aromatic heterocycles. The molecule has 0 radical (unpaired) electrons. The van der Waals surface area contributed by atoms with Crippen molar-refractivity contribution in [1.29, 1.82) is 0 Å². The maximum atomic E-state index is 13.8. The van der Waals surface area contributed by atoms with Crippen LogP contribution in [0.1, 0.15) is 35.8 Å². The summed E-state index contributed by atoms with van der Waals surface area (Å²) in [6.07, 6.45) is 1.67. The average Bonchev–Trinajstić information content (AvgIpc) is 3.28. The molecule has 33 heavy (non-hydrogen) atoms. The lowest BCUT2D eigenvalue weighted by Gasteiger charge is -2.22. The molecular formula is C26H26N4O3. The first-order valence-electron chi connectivity index (χ1n) is 10.8. The van der Waals surface area contributed by atoms with Crippen LogP contribution < -0.4 is 0 Å². The highest BCUT2D eigenvalue weighted by Gasteiger charge is 2.24. The van der Waals surface area contributed by atoms with Gasteiger partial charge in [-0.2, -0.15) is 5.10 Å². The fraction of sp³-hybridized carbons (Fsp3) is 0.231. The number of esters is 1. The number of hydrogen-bond acceptors (Lipinski definition) is 5. The highest BCUT2D eigenvalue weighted by Crippen LogP contribution is 2.27. The van der Waals surface area contributed by atoms with Gasteiger partial charge in [0.05, 0.1) is 30.0 Å². The molecule has 0 aliphatic carbocycles. The molecule has 0 aliphatic rings. The molecule has 0 saturated heterocycles. The summed E-state index contributed by atoms with van der Waals surface area (Å²) in [7, 11) is 1.32. The molecule has 0 N–H and O–H groups in total. The second-order valence-corrected chi connectivity index (χ2v) is 8.06. The minimum atomic E-state index is -0.481. The predicted molar refractivity (Wildman–Crippen MR) is 127 cm³/mol. The lowest BCUT2D eigenvalue weighted by Crippen LogP contribution is -2.36. The van der Waals surface area contributed by atoms with Crippen LogP contribution in [0, 0.1) is 0 Å². The van der Waals surface area contributed by atoms with Gasteiger partial charge in [-0.15, -0.1) is 0 Å². The van der Waals surface area contributed by atoms with Crippen LogP contribution in [0.25, 0.3) is 22.3 Å². The second kappa shape index (κ2) is 9.65. The minimum absolute atomic E-state index is 0.0690. The van der Waals surface area contributed by atoms with Gasteiger partial charge < -0.3 is 9.64 Å². The van der Waals surface area contributed by atoms with E-state index in [2.05, 4.69) is 5.10 Å². The third-order valence-corrected chi connectivity index (χ3v) is 5.41. The number of rotatable bonds is 7. The fourth-order valence-electron chi connectivity index (χ4n) is 3.72. The number of fused-ring (bicyclic) bond motifs is 1. The van der Waals surface area contributed by atoms with Crippen LogP contribution in [0.5, 0.6) is 0 Å². The van der Waals surface area contributed by atoms with Gasteiger partial charge in [0.1, 0.15) is 6.54 Å². The maximum absolute atomic E-state index is 13.8. The van der Waals surface area contributed by atoms with Crippen molar-refractivity contribution in [2.75, 3.05) is 13.7 Å². The number of aromatic nitrogens is 3. The molecule has 0 spiro atoms. The number of pyridine rings is 1. The molecule has 4 aromatic rings. The summed E-state index contributed by atoms with van der Waals surface area (Å²) in [6, 6.07) is 21.1. The monoisotopic (exact) mass is 442 g/mol. The van der Waals surface area contributed by atoms with E-state index in [0.717, 1.165) is 11.1 Å². The largest absolute Gasteiger partial charge is 0.468 e. The molecule has 0 fully saturated rings. The van der Waals surface area contributed by atoms with E-state index >= 15 is 0 Å². The van der Waals surface area contributed by atoms with E-state index in [9.17, 15) is 9.59 Å². The highest BCUT2D eigenvalue weighted by molar-refractivity contribution is 6.07. The van der Waals surface area contributed by atoms with Crippen molar-refractivity contribution in [3.8, 4) is 11.3 Å². The van der Waals surface area contributed by atoms with Gasteiger partial charge in [0.25, 0.3) is 5.91 Å². The van der Waals surface area contributed by atoms with Gasteiger partial charge in [0.2, 0.25) is 0 Å². The minimum Gasteiger partial charge on any atom is -0.468 e. The Morgan fingerprint density at radius 3 is 2.33 bits per heavy atom. The zero-order valence-corrected chi connectivity index (χ0v) is 18.9. The first kappa shape index (κ1) is 22.2. The molecule has 2 heterocycles. The molecule has 7 nitrogen and oxygen atoms in total. The molecule has 0 aliphatic heterocycles. The van der Waals surface area contributed by atoms with Gasteiger partial charge >= 0.3 is 5.97 Å². The van der Waals surface area contributed by atoms with Crippen molar-refractivity contribution in [1.82, 2.24) is 19.7 Å². The lowest BCUT2D eigenvalue weighted by atomic mass is 10.1. The maximum Gasteiger partial charge on any atom is 0.325 e. The van der Waals surface area contributed by atoms with Crippen molar-refractivity contribution >= 4 is 22.9 Å². The van der Waals surface area contributed by atoms with E-state index in [-0.39, 0.29) is 25.0 Å². The number of amides is 1. The average molecular weight is 443 g/mol. The first-order chi connectivity index (χ1) is 16.0. The first-order valence-corrected chi connectivity index (χ1v) is 10.8. The number of nitrogens with zero attached hydrogens (tertiary/aromatic N) is 4. The predicted octanol–water partition coefficient (Wildman–Crippen LogP) is 4.49. The summed E-state index contributed by atoms with van der Waals surface area (Å²) in [5.41, 5.74) is 3.57. The Bertz CT molecular complexity index is 1270. The topological polar surface area (TPSA) is 77.3 Å². The van der Waals surface area contributed by atoms with Crippen LogP contribution in [0.4, 0.5) is 0 Å². The fourth-order valence-corrected chi connectivity index (χ4v) is 3.72. The van der Waals surface area contributed by atoms with Crippen LogP contribution >= 0.6 is 0 Å². The molecule has 0 saturated carbocycles. The van der Waals surface area contributed by atoms with E-state index in [1.165, 1.54) is 12.0 Å². The summed E-state index contributed by atoms with van der Waals surface area (Å²) in [4.78, 5) is 32.3. The summed E-state index contributed by atoms with van der Waals surface area (Å²) in [6.45, 7) is 4.15. The summed E-state index contributed by atoms with van der Waals surface area (Å²) in [5.74, 6) is -0.761. The number of ether oxygens (including phenoxy) is 1. The number of methoxy groups -OCH3 is 1. The zero-order valence-electron chi connectivity index (χ0n) is 18.9. The summed E-state index contributed by atoms with van der Waals surface area (Å²) < 4.78 is 6.66. The van der Waals surface area contributed by atoms with Gasteiger partial charge in [-0.1, -0.05) is 60.7 Å². The SMILES string of the molecule is COC(=O)CN(Cc1ccccc1)C(=O)c1cc(-c2ccccc2)nc2c1cnn2C(C)C. The zero-order chi connectivity index (χ0) is 23.4.